The smallest absolute Gasteiger partial charge is 0.377 e. The van der Waals surface area contributed by atoms with Crippen molar-refractivity contribution in [3.63, 3.8) is 0 Å². The Bertz CT molecular complexity index is 1260. The molecule has 2 atom stereocenters. The minimum absolute atomic E-state index is 0.104. The summed E-state index contributed by atoms with van der Waals surface area (Å²) in [6.07, 6.45) is -5.88. The van der Waals surface area contributed by atoms with Gasteiger partial charge in [0.25, 0.3) is 0 Å². The summed E-state index contributed by atoms with van der Waals surface area (Å²) in [4.78, 5) is 14.2. The highest BCUT2D eigenvalue weighted by Gasteiger charge is 2.43. The lowest BCUT2D eigenvalue weighted by molar-refractivity contribution is -0.155. The number of alkyl halides is 6. The van der Waals surface area contributed by atoms with Gasteiger partial charge in [0, 0.05) is 34.1 Å². The standard InChI is InChI=1S/C22H18ClF6N5O/c23-12-3-4-15-14(9-12)13-5-6-34(16(17(13)30-15)8-11-2-1-7-35-10-11)20-32-18(21(24,25)26)31-19(33-20)22(27,28)29/h1-4,9,11,16,30H,5-8,10H2/t11-,16+/m1/s1. The number of nitrogens with one attached hydrogen (secondary N) is 1. The summed E-state index contributed by atoms with van der Waals surface area (Å²) in [6.45, 7) is 0.923. The third-order valence-electron chi connectivity index (χ3n) is 6.08. The lowest BCUT2D eigenvalue weighted by Crippen LogP contribution is -2.39. The molecule has 0 fully saturated rings. The fourth-order valence-electron chi connectivity index (χ4n) is 4.59. The van der Waals surface area contributed by atoms with Crippen molar-refractivity contribution in [3.05, 3.63) is 58.3 Å². The molecular formula is C22H18ClF6N5O. The minimum atomic E-state index is -5.17. The highest BCUT2D eigenvalue weighted by atomic mass is 35.5. The zero-order chi connectivity index (χ0) is 25.0. The van der Waals surface area contributed by atoms with Gasteiger partial charge in [0.15, 0.2) is 0 Å². The zero-order valence-corrected chi connectivity index (χ0v) is 18.7. The predicted molar refractivity (Wildman–Crippen MR) is 115 cm³/mol. The Labute approximate surface area is 200 Å². The Kier molecular flexibility index (Phi) is 5.91. The molecule has 5 rings (SSSR count). The Morgan fingerprint density at radius 2 is 1.77 bits per heavy atom. The number of ether oxygens (including phenoxy) is 1. The maximum atomic E-state index is 13.4. The van der Waals surface area contributed by atoms with E-state index in [0.717, 1.165) is 16.5 Å². The number of aromatic amines is 1. The molecule has 2 aliphatic rings. The maximum absolute atomic E-state index is 13.4. The van der Waals surface area contributed by atoms with Crippen molar-refractivity contribution >= 4 is 28.5 Å². The number of anilines is 1. The van der Waals surface area contributed by atoms with Gasteiger partial charge < -0.3 is 14.6 Å². The van der Waals surface area contributed by atoms with E-state index in [1.807, 2.05) is 12.2 Å². The molecule has 1 N–H and O–H groups in total. The molecule has 0 saturated carbocycles. The maximum Gasteiger partial charge on any atom is 0.451 e. The average Bonchev–Trinajstić information content (AvgIpc) is 3.17. The molecule has 2 aromatic heterocycles. The van der Waals surface area contributed by atoms with Crippen LogP contribution in [0.1, 0.15) is 35.4 Å². The third kappa shape index (κ3) is 4.68. The summed E-state index contributed by atoms with van der Waals surface area (Å²) < 4.78 is 85.9. The van der Waals surface area contributed by atoms with Crippen molar-refractivity contribution in [2.45, 2.75) is 31.2 Å². The van der Waals surface area contributed by atoms with E-state index in [-0.39, 0.29) is 12.5 Å². The second kappa shape index (κ2) is 8.66. The fraction of sp³-hybridized carbons (Fsp3) is 0.409. The van der Waals surface area contributed by atoms with Gasteiger partial charge in [0.1, 0.15) is 0 Å². The van der Waals surface area contributed by atoms with Crippen LogP contribution >= 0.6 is 11.6 Å². The Morgan fingerprint density at radius 3 is 2.40 bits per heavy atom. The van der Waals surface area contributed by atoms with Crippen LogP contribution in [0.25, 0.3) is 10.9 Å². The number of aromatic nitrogens is 4. The molecule has 0 radical (unpaired) electrons. The highest BCUT2D eigenvalue weighted by molar-refractivity contribution is 6.31. The van der Waals surface area contributed by atoms with Gasteiger partial charge in [-0.25, -0.2) is 4.98 Å². The average molecular weight is 518 g/mol. The minimum Gasteiger partial charge on any atom is -0.377 e. The molecule has 3 aromatic rings. The van der Waals surface area contributed by atoms with Gasteiger partial charge >= 0.3 is 12.4 Å². The summed E-state index contributed by atoms with van der Waals surface area (Å²) in [5.74, 6) is -4.55. The van der Waals surface area contributed by atoms with Crippen LogP contribution in [0.3, 0.4) is 0 Å². The molecule has 35 heavy (non-hydrogen) atoms. The first kappa shape index (κ1) is 23.9. The number of nitrogens with zero attached hydrogens (tertiary/aromatic N) is 4. The highest BCUT2D eigenvalue weighted by Crippen LogP contribution is 2.41. The Morgan fingerprint density at radius 1 is 1.06 bits per heavy atom. The first-order valence-corrected chi connectivity index (χ1v) is 11.1. The van der Waals surface area contributed by atoms with Crippen LogP contribution in [0.4, 0.5) is 32.3 Å². The number of rotatable bonds is 3. The summed E-state index contributed by atoms with van der Waals surface area (Å²) >= 11 is 6.16. The van der Waals surface area contributed by atoms with E-state index in [0.29, 0.717) is 36.8 Å². The first-order chi connectivity index (χ1) is 16.5. The Hall–Kier alpha value is -2.86. The monoisotopic (exact) mass is 517 g/mol. The molecular weight excluding hydrogens is 500 g/mol. The van der Waals surface area contributed by atoms with Crippen molar-refractivity contribution < 1.29 is 31.1 Å². The molecule has 0 bridgehead atoms. The molecule has 0 aliphatic carbocycles. The number of hydrogen-bond donors (Lipinski definition) is 1. The van der Waals surface area contributed by atoms with Gasteiger partial charge in [-0.2, -0.15) is 36.3 Å². The molecule has 6 nitrogen and oxygen atoms in total. The summed E-state index contributed by atoms with van der Waals surface area (Å²) in [5.41, 5.74) is 2.35. The predicted octanol–water partition coefficient (Wildman–Crippen LogP) is 5.74. The molecule has 186 valence electrons. The van der Waals surface area contributed by atoms with Gasteiger partial charge in [-0.3, -0.25) is 0 Å². The van der Waals surface area contributed by atoms with Crippen LogP contribution in [0.15, 0.2) is 30.4 Å². The molecule has 1 aromatic carbocycles. The molecule has 4 heterocycles. The Balaban J connectivity index is 1.64. The summed E-state index contributed by atoms with van der Waals surface area (Å²) in [6, 6.07) is 4.64. The lowest BCUT2D eigenvalue weighted by Gasteiger charge is -2.38. The van der Waals surface area contributed by atoms with Crippen LogP contribution in [-0.2, 0) is 23.5 Å². The topological polar surface area (TPSA) is 66.9 Å². The van der Waals surface area contributed by atoms with E-state index in [1.165, 1.54) is 4.90 Å². The van der Waals surface area contributed by atoms with Gasteiger partial charge in [0.2, 0.25) is 17.6 Å². The van der Waals surface area contributed by atoms with Crippen molar-refractivity contribution in [2.75, 3.05) is 24.7 Å². The van der Waals surface area contributed by atoms with Crippen LogP contribution in [0.5, 0.6) is 0 Å². The first-order valence-electron chi connectivity index (χ1n) is 10.7. The number of halogens is 7. The molecule has 2 aliphatic heterocycles. The van der Waals surface area contributed by atoms with Crippen LogP contribution in [0.2, 0.25) is 5.02 Å². The van der Waals surface area contributed by atoms with Crippen molar-refractivity contribution in [1.82, 2.24) is 19.9 Å². The zero-order valence-electron chi connectivity index (χ0n) is 17.9. The third-order valence-corrected chi connectivity index (χ3v) is 6.32. The van der Waals surface area contributed by atoms with Crippen molar-refractivity contribution in [2.24, 2.45) is 5.92 Å². The second-order valence-corrected chi connectivity index (χ2v) is 8.84. The van der Waals surface area contributed by atoms with E-state index in [4.69, 9.17) is 16.3 Å². The molecule has 13 heteroatoms. The number of hydrogen-bond acceptors (Lipinski definition) is 5. The molecule has 0 unspecified atom stereocenters. The SMILES string of the molecule is FC(F)(F)c1nc(N2CCc3c([nH]c4ccc(Cl)cc34)[C@@H]2C[C@H]2C=CCOC2)nc(C(F)(F)F)n1. The van der Waals surface area contributed by atoms with E-state index in [2.05, 4.69) is 19.9 Å². The van der Waals surface area contributed by atoms with Crippen molar-refractivity contribution in [1.29, 1.82) is 0 Å². The van der Waals surface area contributed by atoms with Gasteiger partial charge in [0.05, 0.1) is 19.3 Å². The lowest BCUT2D eigenvalue weighted by atomic mass is 9.90. The quantitative estimate of drug-likeness (QED) is 0.354. The van der Waals surface area contributed by atoms with Crippen LogP contribution < -0.4 is 4.90 Å². The number of benzene rings is 1. The summed E-state index contributed by atoms with van der Waals surface area (Å²) in [7, 11) is 0. The van der Waals surface area contributed by atoms with Gasteiger partial charge in [-0.05, 0) is 36.6 Å². The molecule has 0 saturated heterocycles. The second-order valence-electron chi connectivity index (χ2n) is 8.41. The van der Waals surface area contributed by atoms with Gasteiger partial charge in [-0.1, -0.05) is 23.8 Å². The van der Waals surface area contributed by atoms with Crippen molar-refractivity contribution in [3.8, 4) is 0 Å². The number of H-pyrrole nitrogens is 1. The summed E-state index contributed by atoms with van der Waals surface area (Å²) in [5, 5.41) is 1.37. The van der Waals surface area contributed by atoms with E-state index in [9.17, 15) is 26.3 Å². The van der Waals surface area contributed by atoms with Crippen LogP contribution in [-0.4, -0.2) is 39.7 Å². The molecule has 0 amide bonds. The van der Waals surface area contributed by atoms with Crippen LogP contribution in [0, 0.1) is 5.92 Å². The largest absolute Gasteiger partial charge is 0.451 e. The van der Waals surface area contributed by atoms with E-state index < -0.39 is 36.0 Å². The number of fused-ring (bicyclic) bond motifs is 3. The van der Waals surface area contributed by atoms with E-state index >= 15 is 0 Å². The molecule has 0 spiro atoms. The fourth-order valence-corrected chi connectivity index (χ4v) is 4.77. The normalized spacial score (nSPS) is 20.9. The van der Waals surface area contributed by atoms with E-state index in [1.54, 1.807) is 18.2 Å². The van der Waals surface area contributed by atoms with Gasteiger partial charge in [-0.15, -0.1) is 0 Å².